The summed E-state index contributed by atoms with van der Waals surface area (Å²) in [5.74, 6) is 0. The van der Waals surface area contributed by atoms with E-state index in [4.69, 9.17) is 13.6 Å². The lowest BCUT2D eigenvalue weighted by atomic mass is 10.2. The molecule has 22 heavy (non-hydrogen) atoms. The first-order chi connectivity index (χ1) is 10.7. The highest BCUT2D eigenvalue weighted by molar-refractivity contribution is 7.49. The van der Waals surface area contributed by atoms with E-state index in [1.54, 1.807) is 0 Å². The monoisotopic (exact) mass is 322 g/mol. The van der Waals surface area contributed by atoms with Crippen molar-refractivity contribution in [3.8, 4) is 12.0 Å². The molecule has 0 atom stereocenters. The molecule has 2 N–H and O–H groups in total. The Kier molecular flexibility index (Phi) is 4.12. The topological polar surface area (TPSA) is 128 Å². The molecular weight excluding hydrogens is 311 g/mol. The molecular formula is C11H11N6O4P. The van der Waals surface area contributed by atoms with E-state index in [1.165, 1.54) is 12.7 Å². The van der Waals surface area contributed by atoms with E-state index in [2.05, 4.69) is 30.4 Å². The number of nitrogens with zero attached hydrogens (tertiary/aromatic N) is 4. The van der Waals surface area contributed by atoms with Gasteiger partial charge in [-0.15, -0.1) is 0 Å². The van der Waals surface area contributed by atoms with Crippen LogP contribution in [0.25, 0.3) is 0 Å². The fourth-order valence-electron chi connectivity index (χ4n) is 1.49. The molecule has 3 rings (SSSR count). The summed E-state index contributed by atoms with van der Waals surface area (Å²) in [6.45, 7) is 0.0143. The van der Waals surface area contributed by atoms with Gasteiger partial charge in [0.05, 0.1) is 6.61 Å². The zero-order valence-corrected chi connectivity index (χ0v) is 12.0. The van der Waals surface area contributed by atoms with Crippen molar-refractivity contribution in [1.29, 1.82) is 0 Å². The number of hydrogen-bond acceptors (Lipinski definition) is 8. The summed E-state index contributed by atoms with van der Waals surface area (Å²) in [6, 6.07) is 8.95. The number of H-pyrrole nitrogens is 2. The molecule has 0 radical (unpaired) electrons. The Morgan fingerprint density at radius 3 is 2.05 bits per heavy atom. The van der Waals surface area contributed by atoms with Gasteiger partial charge in [-0.3, -0.25) is 4.52 Å². The molecule has 0 aliphatic carbocycles. The molecule has 10 nitrogen and oxygen atoms in total. The first-order valence-electron chi connectivity index (χ1n) is 6.12. The number of aromatic nitrogens is 6. The smallest absolute Gasteiger partial charge is 0.359 e. The van der Waals surface area contributed by atoms with E-state index in [1.807, 2.05) is 30.3 Å². The van der Waals surface area contributed by atoms with Crippen molar-refractivity contribution in [2.24, 2.45) is 0 Å². The highest BCUT2D eigenvalue weighted by Crippen LogP contribution is 2.48. The summed E-state index contributed by atoms with van der Waals surface area (Å²) < 4.78 is 28.2. The average molecular weight is 322 g/mol. The van der Waals surface area contributed by atoms with Crippen molar-refractivity contribution in [2.45, 2.75) is 6.61 Å². The number of nitrogens with one attached hydrogen (secondary N) is 2. The van der Waals surface area contributed by atoms with E-state index < -0.39 is 7.82 Å². The number of phosphoric acid groups is 1. The van der Waals surface area contributed by atoms with E-state index in [0.29, 0.717) is 0 Å². The molecule has 0 spiro atoms. The number of aromatic amines is 2. The molecule has 0 saturated carbocycles. The molecule has 114 valence electrons. The minimum Gasteiger partial charge on any atom is -0.359 e. The molecule has 0 fully saturated rings. The third-order valence-corrected chi connectivity index (χ3v) is 3.65. The fourth-order valence-corrected chi connectivity index (χ4v) is 2.54. The molecule has 2 aromatic heterocycles. The van der Waals surface area contributed by atoms with Crippen LogP contribution in [0.2, 0.25) is 0 Å². The Balaban J connectivity index is 1.74. The Labute approximate surface area is 124 Å². The van der Waals surface area contributed by atoms with Gasteiger partial charge < -0.3 is 9.05 Å². The average Bonchev–Trinajstić information content (AvgIpc) is 3.20. The molecule has 0 aliphatic heterocycles. The first-order valence-corrected chi connectivity index (χ1v) is 7.58. The number of hydrogen-bond donors (Lipinski definition) is 2. The van der Waals surface area contributed by atoms with Crippen LogP contribution in [-0.4, -0.2) is 30.4 Å². The highest BCUT2D eigenvalue weighted by Gasteiger charge is 2.33. The maximum Gasteiger partial charge on any atom is 0.592 e. The largest absolute Gasteiger partial charge is 0.592 e. The maximum absolute atomic E-state index is 12.7. The van der Waals surface area contributed by atoms with E-state index in [0.717, 1.165) is 5.56 Å². The lowest BCUT2D eigenvalue weighted by Gasteiger charge is -2.15. The van der Waals surface area contributed by atoms with E-state index in [9.17, 15) is 4.57 Å². The molecule has 0 saturated heterocycles. The van der Waals surface area contributed by atoms with Crippen molar-refractivity contribution in [3.05, 3.63) is 48.5 Å². The number of benzene rings is 1. The van der Waals surface area contributed by atoms with Crippen molar-refractivity contribution in [3.63, 3.8) is 0 Å². The molecule has 1 aromatic carbocycles. The molecule has 0 amide bonds. The van der Waals surface area contributed by atoms with Crippen molar-refractivity contribution < 1.29 is 18.1 Å². The van der Waals surface area contributed by atoms with Crippen LogP contribution in [-0.2, 0) is 15.7 Å². The van der Waals surface area contributed by atoms with E-state index >= 15 is 0 Å². The molecule has 2 heterocycles. The summed E-state index contributed by atoms with van der Waals surface area (Å²) in [6.07, 6.45) is 2.40. The van der Waals surface area contributed by atoms with E-state index in [-0.39, 0.29) is 18.6 Å². The summed E-state index contributed by atoms with van der Waals surface area (Å²) in [5, 5.41) is 12.0. The predicted molar refractivity (Wildman–Crippen MR) is 72.9 cm³/mol. The molecule has 3 aromatic rings. The second kappa shape index (κ2) is 6.37. The standard InChI is InChI=1S/C11H11N6O4P/c18-22(20-10-12-7-14-16-10,21-11-13-8-15-17-11)19-6-9-4-2-1-3-5-9/h1-5,7-8H,6H2,(H,12,14,16)(H,13,15,17). The van der Waals surface area contributed by atoms with Crippen LogP contribution in [0.1, 0.15) is 5.56 Å². The van der Waals surface area contributed by atoms with Crippen LogP contribution in [0.4, 0.5) is 0 Å². The Morgan fingerprint density at radius 2 is 1.55 bits per heavy atom. The van der Waals surface area contributed by atoms with Gasteiger partial charge in [-0.1, -0.05) is 30.3 Å². The van der Waals surface area contributed by atoms with Gasteiger partial charge in [-0.25, -0.2) is 14.8 Å². The molecule has 0 bridgehead atoms. The minimum absolute atomic E-state index is 0.0143. The first kappa shape index (κ1) is 14.2. The van der Waals surface area contributed by atoms with Crippen LogP contribution >= 0.6 is 7.82 Å². The summed E-state index contributed by atoms with van der Waals surface area (Å²) in [5.41, 5.74) is 0.796. The quantitative estimate of drug-likeness (QED) is 0.629. The fraction of sp³-hybridized carbons (Fsp3) is 0.0909. The van der Waals surface area contributed by atoms with Crippen LogP contribution in [0, 0.1) is 0 Å². The highest BCUT2D eigenvalue weighted by atomic mass is 31.2. The minimum atomic E-state index is -4.03. The van der Waals surface area contributed by atoms with Crippen LogP contribution in [0.15, 0.2) is 43.0 Å². The summed E-state index contributed by atoms with van der Waals surface area (Å²) in [4.78, 5) is 7.44. The lowest BCUT2D eigenvalue weighted by Crippen LogP contribution is -2.07. The van der Waals surface area contributed by atoms with Crippen LogP contribution in [0.5, 0.6) is 12.0 Å². The Hall–Kier alpha value is -2.71. The predicted octanol–water partition coefficient (Wildman–Crippen LogP) is 1.71. The number of phosphoric ester groups is 1. The third-order valence-electron chi connectivity index (χ3n) is 2.41. The molecule has 11 heteroatoms. The summed E-state index contributed by atoms with van der Waals surface area (Å²) >= 11 is 0. The Morgan fingerprint density at radius 1 is 0.955 bits per heavy atom. The van der Waals surface area contributed by atoms with Gasteiger partial charge in [0.25, 0.3) is 0 Å². The van der Waals surface area contributed by atoms with Crippen LogP contribution in [0.3, 0.4) is 0 Å². The van der Waals surface area contributed by atoms with Gasteiger partial charge in [-0.05, 0) is 5.56 Å². The zero-order valence-electron chi connectivity index (χ0n) is 11.1. The number of rotatable bonds is 7. The molecule has 0 aliphatic rings. The lowest BCUT2D eigenvalue weighted by molar-refractivity contribution is 0.193. The second-order valence-corrected chi connectivity index (χ2v) is 5.49. The van der Waals surface area contributed by atoms with Gasteiger partial charge in [0, 0.05) is 0 Å². The zero-order chi connectivity index (χ0) is 15.3. The second-order valence-electron chi connectivity index (χ2n) is 3.97. The van der Waals surface area contributed by atoms with Gasteiger partial charge in [0.15, 0.2) is 0 Å². The van der Waals surface area contributed by atoms with Gasteiger partial charge >= 0.3 is 19.8 Å². The van der Waals surface area contributed by atoms with Crippen molar-refractivity contribution >= 4 is 7.82 Å². The third kappa shape index (κ3) is 3.68. The SMILES string of the molecule is O=P(OCc1ccccc1)(Oc1ncn[nH]1)Oc1ncn[nH]1. The van der Waals surface area contributed by atoms with Gasteiger partial charge in [-0.2, -0.15) is 20.2 Å². The summed E-state index contributed by atoms with van der Waals surface area (Å²) in [7, 11) is -4.03. The normalized spacial score (nSPS) is 11.3. The van der Waals surface area contributed by atoms with Crippen molar-refractivity contribution in [2.75, 3.05) is 0 Å². The van der Waals surface area contributed by atoms with Gasteiger partial charge in [0.1, 0.15) is 12.7 Å². The van der Waals surface area contributed by atoms with Gasteiger partial charge in [0.2, 0.25) is 0 Å². The maximum atomic E-state index is 12.7. The van der Waals surface area contributed by atoms with Crippen LogP contribution < -0.4 is 9.05 Å². The van der Waals surface area contributed by atoms with Crippen molar-refractivity contribution in [1.82, 2.24) is 30.4 Å². The molecule has 0 unspecified atom stereocenters. The Bertz CT molecular complexity index is 693.